The molecule has 0 aromatic heterocycles. The highest BCUT2D eigenvalue weighted by atomic mass is 16.1. The molecule has 1 aliphatic rings. The van der Waals surface area contributed by atoms with Gasteiger partial charge < -0.3 is 11.1 Å². The Morgan fingerprint density at radius 1 is 1.40 bits per heavy atom. The third-order valence-electron chi connectivity index (χ3n) is 4.26. The van der Waals surface area contributed by atoms with Gasteiger partial charge in [-0.05, 0) is 50.7 Å². The summed E-state index contributed by atoms with van der Waals surface area (Å²) in [6, 6.07) is 8.72. The number of carbonyl (C=O) groups is 1. The van der Waals surface area contributed by atoms with Gasteiger partial charge in [-0.15, -0.1) is 0 Å². The van der Waals surface area contributed by atoms with Crippen LogP contribution in [-0.4, -0.2) is 18.0 Å². The van der Waals surface area contributed by atoms with Gasteiger partial charge in [0.15, 0.2) is 0 Å². The molecule has 0 radical (unpaired) electrons. The van der Waals surface area contributed by atoms with Crippen LogP contribution >= 0.6 is 0 Å². The van der Waals surface area contributed by atoms with Crippen LogP contribution in [-0.2, 0) is 11.2 Å². The zero-order chi connectivity index (χ0) is 14.5. The van der Waals surface area contributed by atoms with E-state index in [-0.39, 0.29) is 23.9 Å². The van der Waals surface area contributed by atoms with Crippen molar-refractivity contribution in [2.24, 2.45) is 11.7 Å². The summed E-state index contributed by atoms with van der Waals surface area (Å²) in [6.45, 7) is 4.19. The molecule has 1 aliphatic carbocycles. The molecule has 3 nitrogen and oxygen atoms in total. The fourth-order valence-corrected chi connectivity index (χ4v) is 3.05. The fraction of sp³-hybridized carbons (Fsp3) is 0.588. The molecule has 2 rings (SSSR count). The molecule has 1 amide bonds. The first-order valence-electron chi connectivity index (χ1n) is 7.66. The van der Waals surface area contributed by atoms with Crippen LogP contribution in [0, 0.1) is 12.8 Å². The fourth-order valence-electron chi connectivity index (χ4n) is 3.05. The third-order valence-corrected chi connectivity index (χ3v) is 4.26. The summed E-state index contributed by atoms with van der Waals surface area (Å²) in [5.41, 5.74) is 8.55. The topological polar surface area (TPSA) is 55.1 Å². The Labute approximate surface area is 121 Å². The number of nitrogens with one attached hydrogen (secondary N) is 1. The van der Waals surface area contributed by atoms with Gasteiger partial charge in [-0.2, -0.15) is 0 Å². The molecule has 1 aromatic rings. The van der Waals surface area contributed by atoms with Crippen LogP contribution in [0.25, 0.3) is 0 Å². The van der Waals surface area contributed by atoms with Crippen molar-refractivity contribution in [2.45, 2.75) is 58.0 Å². The maximum absolute atomic E-state index is 12.3. The second-order valence-electron chi connectivity index (χ2n) is 6.16. The van der Waals surface area contributed by atoms with Gasteiger partial charge in [0.2, 0.25) is 5.91 Å². The lowest BCUT2D eigenvalue weighted by Crippen LogP contribution is -2.42. The van der Waals surface area contributed by atoms with Crippen LogP contribution in [0.1, 0.15) is 43.7 Å². The van der Waals surface area contributed by atoms with E-state index < -0.39 is 0 Å². The van der Waals surface area contributed by atoms with Gasteiger partial charge in [0.25, 0.3) is 0 Å². The molecule has 1 saturated carbocycles. The minimum Gasteiger partial charge on any atom is -0.353 e. The van der Waals surface area contributed by atoms with Gasteiger partial charge in [0, 0.05) is 18.0 Å². The standard InChI is InChI=1S/C17H26N2O/c1-12-6-3-4-7-14(12)10-13(2)19-17(20)15-8-5-9-16(18)11-15/h3-4,6-7,13,15-16H,5,8-11,18H2,1-2H3,(H,19,20). The first-order chi connectivity index (χ1) is 9.56. The van der Waals surface area contributed by atoms with Crippen molar-refractivity contribution in [2.75, 3.05) is 0 Å². The molecule has 1 fully saturated rings. The third kappa shape index (κ3) is 4.07. The second-order valence-corrected chi connectivity index (χ2v) is 6.16. The molecule has 20 heavy (non-hydrogen) atoms. The SMILES string of the molecule is Cc1ccccc1CC(C)NC(=O)C1CCCC(N)C1. The lowest BCUT2D eigenvalue weighted by atomic mass is 9.85. The molecule has 0 saturated heterocycles. The molecule has 3 heteroatoms. The van der Waals surface area contributed by atoms with E-state index in [1.54, 1.807) is 0 Å². The van der Waals surface area contributed by atoms with Crippen LogP contribution in [0.4, 0.5) is 0 Å². The van der Waals surface area contributed by atoms with Crippen LogP contribution < -0.4 is 11.1 Å². The molecule has 1 aromatic carbocycles. The highest BCUT2D eigenvalue weighted by Gasteiger charge is 2.26. The average Bonchev–Trinajstić information content (AvgIpc) is 2.41. The number of rotatable bonds is 4. The predicted octanol–water partition coefficient (Wildman–Crippen LogP) is 2.56. The van der Waals surface area contributed by atoms with Crippen molar-refractivity contribution < 1.29 is 4.79 Å². The average molecular weight is 274 g/mol. The van der Waals surface area contributed by atoms with Crippen molar-refractivity contribution in [3.8, 4) is 0 Å². The Morgan fingerprint density at radius 2 is 2.15 bits per heavy atom. The van der Waals surface area contributed by atoms with E-state index >= 15 is 0 Å². The van der Waals surface area contributed by atoms with Gasteiger partial charge in [0.1, 0.15) is 0 Å². The Bertz CT molecular complexity index is 458. The summed E-state index contributed by atoms with van der Waals surface area (Å²) in [6.07, 6.45) is 4.84. The lowest BCUT2D eigenvalue weighted by molar-refractivity contribution is -0.126. The van der Waals surface area contributed by atoms with Crippen LogP contribution in [0.5, 0.6) is 0 Å². The molecule has 0 bridgehead atoms. The minimum atomic E-state index is 0.109. The Hall–Kier alpha value is -1.35. The maximum Gasteiger partial charge on any atom is 0.223 e. The van der Waals surface area contributed by atoms with Crippen molar-refractivity contribution in [1.82, 2.24) is 5.32 Å². The Morgan fingerprint density at radius 3 is 2.85 bits per heavy atom. The maximum atomic E-state index is 12.3. The zero-order valence-electron chi connectivity index (χ0n) is 12.6. The van der Waals surface area contributed by atoms with E-state index in [1.165, 1.54) is 11.1 Å². The van der Waals surface area contributed by atoms with Crippen molar-refractivity contribution >= 4 is 5.91 Å². The van der Waals surface area contributed by atoms with Gasteiger partial charge in [-0.1, -0.05) is 30.7 Å². The number of carbonyl (C=O) groups excluding carboxylic acids is 1. The number of hydrogen-bond donors (Lipinski definition) is 2. The van der Waals surface area contributed by atoms with Gasteiger partial charge in [0.05, 0.1) is 0 Å². The molecular formula is C17H26N2O. The summed E-state index contributed by atoms with van der Waals surface area (Å²) in [5.74, 6) is 0.291. The second kappa shape index (κ2) is 6.89. The first kappa shape index (κ1) is 15.0. The van der Waals surface area contributed by atoms with E-state index in [4.69, 9.17) is 5.73 Å². The number of benzene rings is 1. The zero-order valence-corrected chi connectivity index (χ0v) is 12.6. The van der Waals surface area contributed by atoms with Gasteiger partial charge in [-0.25, -0.2) is 0 Å². The van der Waals surface area contributed by atoms with E-state index in [0.29, 0.717) is 0 Å². The smallest absolute Gasteiger partial charge is 0.223 e. The summed E-state index contributed by atoms with van der Waals surface area (Å²) in [5, 5.41) is 3.15. The minimum absolute atomic E-state index is 0.109. The lowest BCUT2D eigenvalue weighted by Gasteiger charge is -2.27. The highest BCUT2D eigenvalue weighted by molar-refractivity contribution is 5.79. The number of nitrogens with two attached hydrogens (primary N) is 1. The summed E-state index contributed by atoms with van der Waals surface area (Å²) in [4.78, 5) is 12.3. The van der Waals surface area contributed by atoms with E-state index in [0.717, 1.165) is 32.1 Å². The quantitative estimate of drug-likeness (QED) is 0.886. The molecule has 3 unspecified atom stereocenters. The molecule has 3 N–H and O–H groups in total. The van der Waals surface area contributed by atoms with Crippen LogP contribution in [0.15, 0.2) is 24.3 Å². The number of aryl methyl sites for hydroxylation is 1. The van der Waals surface area contributed by atoms with E-state index in [2.05, 4.69) is 37.4 Å². The first-order valence-corrected chi connectivity index (χ1v) is 7.66. The van der Waals surface area contributed by atoms with E-state index in [1.807, 2.05) is 6.07 Å². The highest BCUT2D eigenvalue weighted by Crippen LogP contribution is 2.23. The molecular weight excluding hydrogens is 248 g/mol. The van der Waals surface area contributed by atoms with E-state index in [9.17, 15) is 4.79 Å². The van der Waals surface area contributed by atoms with Crippen molar-refractivity contribution in [3.63, 3.8) is 0 Å². The van der Waals surface area contributed by atoms with Crippen LogP contribution in [0.2, 0.25) is 0 Å². The molecule has 3 atom stereocenters. The summed E-state index contributed by atoms with van der Waals surface area (Å²) in [7, 11) is 0. The Balaban J connectivity index is 1.86. The largest absolute Gasteiger partial charge is 0.353 e. The Kier molecular flexibility index (Phi) is 5.18. The number of hydrogen-bond acceptors (Lipinski definition) is 2. The molecule has 0 spiro atoms. The van der Waals surface area contributed by atoms with Crippen molar-refractivity contribution in [3.05, 3.63) is 35.4 Å². The summed E-state index contributed by atoms with van der Waals surface area (Å²) >= 11 is 0. The predicted molar refractivity (Wildman–Crippen MR) is 82.4 cm³/mol. The molecule has 110 valence electrons. The van der Waals surface area contributed by atoms with Crippen LogP contribution in [0.3, 0.4) is 0 Å². The van der Waals surface area contributed by atoms with Crippen molar-refractivity contribution in [1.29, 1.82) is 0 Å². The monoisotopic (exact) mass is 274 g/mol. The summed E-state index contributed by atoms with van der Waals surface area (Å²) < 4.78 is 0. The van der Waals surface area contributed by atoms with Gasteiger partial charge >= 0.3 is 0 Å². The number of amides is 1. The molecule has 0 heterocycles. The normalized spacial score (nSPS) is 24.1. The van der Waals surface area contributed by atoms with Gasteiger partial charge in [-0.3, -0.25) is 4.79 Å². The molecule has 0 aliphatic heterocycles.